The van der Waals surface area contributed by atoms with Crippen LogP contribution in [0, 0.1) is 0 Å². The van der Waals surface area contributed by atoms with Crippen LogP contribution in [0.5, 0.6) is 0 Å². The molecule has 0 saturated carbocycles. The summed E-state index contributed by atoms with van der Waals surface area (Å²) in [6, 6.07) is 7.93. The molecule has 0 bridgehead atoms. The Morgan fingerprint density at radius 3 is 2.84 bits per heavy atom. The number of para-hydroxylation sites is 1. The molecule has 0 radical (unpaired) electrons. The Balaban J connectivity index is 1.44. The van der Waals surface area contributed by atoms with E-state index < -0.39 is 0 Å². The maximum atomic E-state index is 12.6. The molecule has 1 N–H and O–H groups in total. The Kier molecular flexibility index (Phi) is 5.67. The molecule has 1 amide bonds. The minimum Gasteiger partial charge on any atom is -0.325 e. The average molecular weight is 452 g/mol. The fourth-order valence-corrected chi connectivity index (χ4v) is 6.32. The number of rotatable bonds is 6. The summed E-state index contributed by atoms with van der Waals surface area (Å²) in [4.78, 5) is 20.1. The number of nitrogens with one attached hydrogen (secondary N) is 1. The number of anilines is 1. The van der Waals surface area contributed by atoms with Crippen molar-refractivity contribution in [1.82, 2.24) is 19.6 Å². The minimum atomic E-state index is -0.0392. The number of carbonyl (C=O) groups is 1. The van der Waals surface area contributed by atoms with E-state index in [0.717, 1.165) is 63.8 Å². The van der Waals surface area contributed by atoms with Gasteiger partial charge in [-0.15, -0.1) is 21.5 Å². The van der Waals surface area contributed by atoms with Gasteiger partial charge in [0.25, 0.3) is 0 Å². The molecular weight excluding hydrogens is 426 g/mol. The predicted octanol–water partition coefficient (Wildman–Crippen LogP) is 5.07. The van der Waals surface area contributed by atoms with Crippen LogP contribution >= 0.6 is 23.1 Å². The molecular formula is C23H25N5OS2. The fourth-order valence-electron chi connectivity index (χ4n) is 4.29. The van der Waals surface area contributed by atoms with E-state index in [0.29, 0.717) is 0 Å². The third-order valence-electron chi connectivity index (χ3n) is 5.82. The van der Waals surface area contributed by atoms with Crippen molar-refractivity contribution in [1.29, 1.82) is 0 Å². The van der Waals surface area contributed by atoms with Gasteiger partial charge in [0.1, 0.15) is 10.7 Å². The lowest BCUT2D eigenvalue weighted by molar-refractivity contribution is -0.113. The van der Waals surface area contributed by atoms with Crippen LogP contribution in [0.4, 0.5) is 5.69 Å². The van der Waals surface area contributed by atoms with Crippen LogP contribution in [0.3, 0.4) is 0 Å². The number of amides is 1. The Morgan fingerprint density at radius 2 is 2.00 bits per heavy atom. The van der Waals surface area contributed by atoms with Gasteiger partial charge in [-0.1, -0.05) is 43.8 Å². The number of fused-ring (bicyclic) bond motifs is 5. The van der Waals surface area contributed by atoms with E-state index in [4.69, 9.17) is 4.98 Å². The van der Waals surface area contributed by atoms with E-state index in [1.807, 2.05) is 35.6 Å². The van der Waals surface area contributed by atoms with Gasteiger partial charge in [-0.3, -0.25) is 9.20 Å². The predicted molar refractivity (Wildman–Crippen MR) is 127 cm³/mol. The van der Waals surface area contributed by atoms with Crippen molar-refractivity contribution in [2.45, 2.75) is 57.5 Å². The summed E-state index contributed by atoms with van der Waals surface area (Å²) >= 11 is 3.23. The SMILES string of the molecule is CCc1ccccc1NC(=O)CSc1nnc2c3c4c(sc3nc(CC)n12)CCCC4. The summed E-state index contributed by atoms with van der Waals surface area (Å²) in [5, 5.41) is 13.9. The highest BCUT2D eigenvalue weighted by atomic mass is 32.2. The summed E-state index contributed by atoms with van der Waals surface area (Å²) in [6.45, 7) is 4.19. The first-order valence-corrected chi connectivity index (χ1v) is 12.7. The molecule has 1 aliphatic carbocycles. The molecule has 1 aliphatic rings. The fraction of sp³-hybridized carbons (Fsp3) is 0.391. The third-order valence-corrected chi connectivity index (χ3v) is 7.93. The largest absolute Gasteiger partial charge is 0.325 e. The summed E-state index contributed by atoms with van der Waals surface area (Å²) in [7, 11) is 0. The Labute approximate surface area is 189 Å². The maximum absolute atomic E-state index is 12.6. The lowest BCUT2D eigenvalue weighted by Gasteiger charge is -2.11. The van der Waals surface area contributed by atoms with Crippen molar-refractivity contribution in [2.75, 3.05) is 11.1 Å². The van der Waals surface area contributed by atoms with Gasteiger partial charge in [-0.2, -0.15) is 0 Å². The number of aromatic nitrogens is 4. The lowest BCUT2D eigenvalue weighted by Crippen LogP contribution is -2.15. The zero-order valence-corrected chi connectivity index (χ0v) is 19.4. The first-order chi connectivity index (χ1) is 15.2. The van der Waals surface area contributed by atoms with Gasteiger partial charge in [-0.25, -0.2) is 4.98 Å². The second kappa shape index (κ2) is 8.59. The van der Waals surface area contributed by atoms with Gasteiger partial charge in [0.15, 0.2) is 10.8 Å². The van der Waals surface area contributed by atoms with Crippen LogP contribution in [0.1, 0.15) is 48.5 Å². The molecule has 0 atom stereocenters. The quantitative estimate of drug-likeness (QED) is 0.414. The summed E-state index contributed by atoms with van der Waals surface area (Å²) in [5.74, 6) is 1.19. The zero-order chi connectivity index (χ0) is 21.4. The number of hydrogen-bond acceptors (Lipinski definition) is 6. The molecule has 0 aliphatic heterocycles. The van der Waals surface area contributed by atoms with E-state index in [2.05, 4.69) is 33.8 Å². The van der Waals surface area contributed by atoms with E-state index in [1.165, 1.54) is 35.0 Å². The summed E-state index contributed by atoms with van der Waals surface area (Å²) < 4.78 is 2.06. The Hall–Kier alpha value is -2.45. The third kappa shape index (κ3) is 3.72. The Bertz CT molecular complexity index is 1280. The number of thioether (sulfide) groups is 1. The second-order valence-corrected chi connectivity index (χ2v) is 9.79. The van der Waals surface area contributed by atoms with Gasteiger partial charge in [0.05, 0.1) is 11.1 Å². The van der Waals surface area contributed by atoms with Gasteiger partial charge < -0.3 is 5.32 Å². The minimum absolute atomic E-state index is 0.0392. The highest BCUT2D eigenvalue weighted by Gasteiger charge is 2.23. The first kappa shape index (κ1) is 20.5. The number of aryl methyl sites for hydroxylation is 4. The van der Waals surface area contributed by atoms with Crippen molar-refractivity contribution in [3.63, 3.8) is 0 Å². The summed E-state index contributed by atoms with van der Waals surface area (Å²) in [6.07, 6.45) is 6.36. The highest BCUT2D eigenvalue weighted by Crippen LogP contribution is 2.38. The number of thiophene rings is 1. The standard InChI is InChI=1S/C23H25N5OS2/c1-3-14-9-5-7-11-16(14)24-19(29)13-30-23-27-26-21-20-15-10-6-8-12-17(15)31-22(20)25-18(4-2)28(21)23/h5,7,9,11H,3-4,6,8,10,12-13H2,1-2H3,(H,24,29). The van der Waals surface area contributed by atoms with Gasteiger partial charge in [-0.05, 0) is 49.3 Å². The van der Waals surface area contributed by atoms with Crippen LogP contribution < -0.4 is 5.32 Å². The summed E-state index contributed by atoms with van der Waals surface area (Å²) in [5.41, 5.74) is 4.31. The van der Waals surface area contributed by atoms with Crippen molar-refractivity contribution in [2.24, 2.45) is 0 Å². The van der Waals surface area contributed by atoms with Crippen molar-refractivity contribution >= 4 is 50.6 Å². The smallest absolute Gasteiger partial charge is 0.234 e. The van der Waals surface area contributed by atoms with Crippen molar-refractivity contribution < 1.29 is 4.79 Å². The number of nitrogens with zero attached hydrogens (tertiary/aromatic N) is 4. The molecule has 8 heteroatoms. The molecule has 6 nitrogen and oxygen atoms in total. The molecule has 4 aromatic rings. The number of benzene rings is 1. The maximum Gasteiger partial charge on any atom is 0.234 e. The zero-order valence-electron chi connectivity index (χ0n) is 17.8. The number of carbonyl (C=O) groups excluding carboxylic acids is 1. The topological polar surface area (TPSA) is 72.2 Å². The molecule has 0 unspecified atom stereocenters. The van der Waals surface area contributed by atoms with Gasteiger partial charge >= 0.3 is 0 Å². The van der Waals surface area contributed by atoms with Crippen molar-refractivity contribution in [3.8, 4) is 0 Å². The molecule has 3 heterocycles. The molecule has 3 aromatic heterocycles. The molecule has 31 heavy (non-hydrogen) atoms. The van der Waals surface area contributed by atoms with Gasteiger partial charge in [0.2, 0.25) is 5.91 Å². The monoisotopic (exact) mass is 451 g/mol. The number of hydrogen-bond donors (Lipinski definition) is 1. The molecule has 1 aromatic carbocycles. The van der Waals surface area contributed by atoms with Crippen molar-refractivity contribution in [3.05, 3.63) is 46.1 Å². The first-order valence-electron chi connectivity index (χ1n) is 10.9. The molecule has 160 valence electrons. The molecule has 5 rings (SSSR count). The lowest BCUT2D eigenvalue weighted by atomic mass is 9.97. The van der Waals surface area contributed by atoms with Crippen LogP contribution in [-0.4, -0.2) is 31.2 Å². The van der Waals surface area contributed by atoms with Crippen LogP contribution in [0.25, 0.3) is 15.9 Å². The molecule has 0 saturated heterocycles. The van der Waals surface area contributed by atoms with Crippen LogP contribution in [0.15, 0.2) is 29.4 Å². The Morgan fingerprint density at radius 1 is 1.16 bits per heavy atom. The molecule has 0 spiro atoms. The molecule has 0 fully saturated rings. The van der Waals surface area contributed by atoms with E-state index in [1.54, 1.807) is 0 Å². The van der Waals surface area contributed by atoms with E-state index in [-0.39, 0.29) is 11.7 Å². The van der Waals surface area contributed by atoms with E-state index >= 15 is 0 Å². The average Bonchev–Trinajstić information content (AvgIpc) is 3.38. The second-order valence-electron chi connectivity index (χ2n) is 7.76. The normalized spacial score (nSPS) is 13.6. The van der Waals surface area contributed by atoms with Crippen LogP contribution in [-0.2, 0) is 30.5 Å². The highest BCUT2D eigenvalue weighted by molar-refractivity contribution is 7.99. The van der Waals surface area contributed by atoms with Crippen LogP contribution in [0.2, 0.25) is 0 Å². The van der Waals surface area contributed by atoms with Gasteiger partial charge in [0, 0.05) is 17.0 Å². The van der Waals surface area contributed by atoms with E-state index in [9.17, 15) is 4.79 Å².